The summed E-state index contributed by atoms with van der Waals surface area (Å²) in [5.74, 6) is 0.204. The van der Waals surface area contributed by atoms with Gasteiger partial charge in [-0.05, 0) is 30.3 Å². The van der Waals surface area contributed by atoms with Crippen molar-refractivity contribution in [2.24, 2.45) is 0 Å². The Morgan fingerprint density at radius 1 is 0.900 bits per heavy atom. The third kappa shape index (κ3) is 3.80. The average Bonchev–Trinajstić information content (AvgIpc) is 2.40. The van der Waals surface area contributed by atoms with Gasteiger partial charge in [0.25, 0.3) is 0 Å². The highest BCUT2D eigenvalue weighted by Crippen LogP contribution is 2.27. The van der Waals surface area contributed by atoms with Crippen molar-refractivity contribution in [2.45, 2.75) is 0 Å². The van der Waals surface area contributed by atoms with E-state index in [0.717, 1.165) is 0 Å². The minimum Gasteiger partial charge on any atom is -0.485 e. The first-order valence-electron chi connectivity index (χ1n) is 5.53. The summed E-state index contributed by atoms with van der Waals surface area (Å²) in [6, 6.07) is 9.44. The quantitative estimate of drug-likeness (QED) is 0.675. The molecule has 20 heavy (non-hydrogen) atoms. The van der Waals surface area contributed by atoms with Crippen molar-refractivity contribution in [1.82, 2.24) is 0 Å². The molecule has 0 saturated carbocycles. The fourth-order valence-corrected chi connectivity index (χ4v) is 2.31. The third-order valence-corrected chi connectivity index (χ3v) is 3.78. The first-order chi connectivity index (χ1) is 9.47. The molecule has 0 aromatic heterocycles. The molecule has 0 radical (unpaired) electrons. The number of hydrogen-bond donors (Lipinski definition) is 0. The second-order valence-corrected chi connectivity index (χ2v) is 5.57. The molecule has 0 fully saturated rings. The van der Waals surface area contributed by atoms with Gasteiger partial charge in [-0.3, -0.25) is 4.79 Å². The van der Waals surface area contributed by atoms with Gasteiger partial charge in [-0.15, -0.1) is 0 Å². The molecular weight excluding hydrogens is 342 g/mol. The zero-order valence-corrected chi connectivity index (χ0v) is 13.0. The van der Waals surface area contributed by atoms with Gasteiger partial charge in [0, 0.05) is 16.7 Å². The number of carbonyl (C=O) groups excluding carboxylic acids is 1. The van der Waals surface area contributed by atoms with Gasteiger partial charge in [-0.25, -0.2) is 0 Å². The van der Waals surface area contributed by atoms with Gasteiger partial charge in [-0.1, -0.05) is 46.4 Å². The molecule has 0 spiro atoms. The van der Waals surface area contributed by atoms with E-state index >= 15 is 0 Å². The molecule has 0 atom stereocenters. The zero-order valence-electron chi connectivity index (χ0n) is 10.00. The first kappa shape index (κ1) is 15.5. The van der Waals surface area contributed by atoms with Crippen molar-refractivity contribution in [3.8, 4) is 5.75 Å². The summed E-state index contributed by atoms with van der Waals surface area (Å²) < 4.78 is 5.36. The number of ketones is 1. The summed E-state index contributed by atoms with van der Waals surface area (Å²) in [5.41, 5.74) is 0.358. The smallest absolute Gasteiger partial charge is 0.201 e. The number of hydrogen-bond acceptors (Lipinski definition) is 2. The standard InChI is InChI=1S/C14H8Cl4O2/c15-8-1-3-10(12(17)5-8)14(19)7-20-9-2-4-11(16)13(18)6-9/h1-6H,7H2. The largest absolute Gasteiger partial charge is 0.485 e. The summed E-state index contributed by atoms with van der Waals surface area (Å²) in [7, 11) is 0. The molecule has 0 heterocycles. The van der Waals surface area contributed by atoms with Crippen LogP contribution in [0.25, 0.3) is 0 Å². The number of carbonyl (C=O) groups is 1. The number of Topliss-reactive ketones (excluding diaryl/α,β-unsaturated/α-hetero) is 1. The number of ether oxygens (including phenoxy) is 1. The first-order valence-corrected chi connectivity index (χ1v) is 7.04. The normalized spacial score (nSPS) is 10.4. The lowest BCUT2D eigenvalue weighted by atomic mass is 10.1. The van der Waals surface area contributed by atoms with Crippen LogP contribution in [0.15, 0.2) is 36.4 Å². The molecule has 0 aliphatic carbocycles. The van der Waals surface area contributed by atoms with Gasteiger partial charge < -0.3 is 4.74 Å². The van der Waals surface area contributed by atoms with Crippen molar-refractivity contribution in [3.05, 3.63) is 62.1 Å². The molecule has 2 nitrogen and oxygen atoms in total. The molecule has 2 aromatic rings. The molecular formula is C14H8Cl4O2. The molecule has 0 aliphatic heterocycles. The van der Waals surface area contributed by atoms with Crippen LogP contribution in [0.4, 0.5) is 0 Å². The van der Waals surface area contributed by atoms with E-state index in [1.807, 2.05) is 0 Å². The fourth-order valence-electron chi connectivity index (χ4n) is 1.51. The van der Waals surface area contributed by atoms with E-state index in [-0.39, 0.29) is 12.4 Å². The maximum Gasteiger partial charge on any atom is 0.201 e. The monoisotopic (exact) mass is 348 g/mol. The Bertz CT molecular complexity index is 656. The third-order valence-electron chi connectivity index (χ3n) is 2.49. The van der Waals surface area contributed by atoms with E-state index in [2.05, 4.69) is 0 Å². The van der Waals surface area contributed by atoms with Gasteiger partial charge in [0.15, 0.2) is 6.61 Å². The number of rotatable bonds is 4. The van der Waals surface area contributed by atoms with E-state index in [0.29, 0.717) is 31.4 Å². The average molecular weight is 350 g/mol. The van der Waals surface area contributed by atoms with E-state index in [9.17, 15) is 4.79 Å². The molecule has 0 amide bonds. The second kappa shape index (κ2) is 6.68. The highest BCUT2D eigenvalue weighted by molar-refractivity contribution is 6.42. The molecule has 0 aliphatic rings. The van der Waals surface area contributed by atoms with Gasteiger partial charge in [0.05, 0.1) is 15.1 Å². The van der Waals surface area contributed by atoms with Crippen molar-refractivity contribution < 1.29 is 9.53 Å². The van der Waals surface area contributed by atoms with Crippen molar-refractivity contribution in [2.75, 3.05) is 6.61 Å². The maximum absolute atomic E-state index is 12.0. The van der Waals surface area contributed by atoms with Crippen LogP contribution in [0.5, 0.6) is 5.75 Å². The predicted molar refractivity (Wildman–Crippen MR) is 82.7 cm³/mol. The second-order valence-electron chi connectivity index (χ2n) is 3.91. The van der Waals surface area contributed by atoms with E-state index < -0.39 is 0 Å². The number of benzene rings is 2. The lowest BCUT2D eigenvalue weighted by Gasteiger charge is -2.07. The Morgan fingerprint density at radius 3 is 2.30 bits per heavy atom. The minimum atomic E-state index is -0.252. The summed E-state index contributed by atoms with van der Waals surface area (Å²) in [4.78, 5) is 12.0. The van der Waals surface area contributed by atoms with Crippen LogP contribution < -0.4 is 4.74 Å². The lowest BCUT2D eigenvalue weighted by Crippen LogP contribution is -2.12. The van der Waals surface area contributed by atoms with Crippen molar-refractivity contribution >= 4 is 52.2 Å². The topological polar surface area (TPSA) is 26.3 Å². The molecule has 6 heteroatoms. The van der Waals surface area contributed by atoms with Crippen LogP contribution in [0, 0.1) is 0 Å². The Labute approximate surface area is 136 Å². The predicted octanol–water partition coefficient (Wildman–Crippen LogP) is 5.56. The lowest BCUT2D eigenvalue weighted by molar-refractivity contribution is 0.0921. The van der Waals surface area contributed by atoms with Gasteiger partial charge in [0.2, 0.25) is 5.78 Å². The van der Waals surface area contributed by atoms with Crippen LogP contribution in [0.1, 0.15) is 10.4 Å². The van der Waals surface area contributed by atoms with Crippen LogP contribution in [0.2, 0.25) is 20.1 Å². The molecule has 104 valence electrons. The summed E-state index contributed by atoms with van der Waals surface area (Å²) in [6.07, 6.45) is 0. The van der Waals surface area contributed by atoms with E-state index in [1.54, 1.807) is 30.3 Å². The highest BCUT2D eigenvalue weighted by atomic mass is 35.5. The zero-order chi connectivity index (χ0) is 14.7. The Hall–Kier alpha value is -0.930. The van der Waals surface area contributed by atoms with E-state index in [1.165, 1.54) is 6.07 Å². The highest BCUT2D eigenvalue weighted by Gasteiger charge is 2.12. The SMILES string of the molecule is O=C(COc1ccc(Cl)c(Cl)c1)c1ccc(Cl)cc1Cl. The molecule has 0 N–H and O–H groups in total. The van der Waals surface area contributed by atoms with Crippen LogP contribution in [-0.4, -0.2) is 12.4 Å². The van der Waals surface area contributed by atoms with Crippen LogP contribution in [-0.2, 0) is 0 Å². The van der Waals surface area contributed by atoms with Crippen molar-refractivity contribution in [1.29, 1.82) is 0 Å². The Balaban J connectivity index is 2.06. The fraction of sp³-hybridized carbons (Fsp3) is 0.0714. The Kier molecular flexibility index (Phi) is 5.17. The summed E-state index contributed by atoms with van der Waals surface area (Å²) in [5, 5.41) is 1.55. The molecule has 2 aromatic carbocycles. The molecule has 0 saturated heterocycles. The summed E-state index contributed by atoms with van der Waals surface area (Å²) >= 11 is 23.4. The summed E-state index contributed by atoms with van der Waals surface area (Å²) in [6.45, 7) is -0.153. The van der Waals surface area contributed by atoms with Gasteiger partial charge in [0.1, 0.15) is 5.75 Å². The minimum absolute atomic E-state index is 0.153. The van der Waals surface area contributed by atoms with Crippen LogP contribution in [0.3, 0.4) is 0 Å². The number of halogens is 4. The van der Waals surface area contributed by atoms with Gasteiger partial charge in [-0.2, -0.15) is 0 Å². The molecule has 0 unspecified atom stereocenters. The van der Waals surface area contributed by atoms with Crippen LogP contribution >= 0.6 is 46.4 Å². The Morgan fingerprint density at radius 2 is 1.65 bits per heavy atom. The van der Waals surface area contributed by atoms with E-state index in [4.69, 9.17) is 51.1 Å². The molecule has 0 bridgehead atoms. The maximum atomic E-state index is 12.0. The van der Waals surface area contributed by atoms with Gasteiger partial charge >= 0.3 is 0 Å². The van der Waals surface area contributed by atoms with Crippen molar-refractivity contribution in [3.63, 3.8) is 0 Å². The molecule has 2 rings (SSSR count).